The highest BCUT2D eigenvalue weighted by atomic mass is 19.1. The van der Waals surface area contributed by atoms with E-state index in [-0.39, 0.29) is 10.9 Å². The number of hydrogen-bond acceptors (Lipinski definition) is 1. The first-order valence-electron chi connectivity index (χ1n) is 4.49. The molecule has 0 amide bonds. The molecule has 2 aromatic rings. The van der Waals surface area contributed by atoms with Crippen LogP contribution in [0.1, 0.15) is 19.5 Å². The summed E-state index contributed by atoms with van der Waals surface area (Å²) in [5.41, 5.74) is 0.606. The lowest BCUT2D eigenvalue weighted by molar-refractivity contribution is 0.616. The van der Waals surface area contributed by atoms with Crippen molar-refractivity contribution in [1.29, 1.82) is 0 Å². The molecule has 2 rings (SSSR count). The fourth-order valence-electron chi connectivity index (χ4n) is 1.20. The van der Waals surface area contributed by atoms with Crippen LogP contribution in [0.15, 0.2) is 12.1 Å². The standard InChI is InChI=1S/C8H6F2N2.C2H6/c1-4-7-5(9)2-3-6(10)8(7)12-11-4;1-2/h2-3H,1H3,(H,11,12);1-2H3. The maximum Gasteiger partial charge on any atom is 0.151 e. The molecule has 76 valence electrons. The van der Waals surface area contributed by atoms with E-state index >= 15 is 0 Å². The third-order valence-electron chi connectivity index (χ3n) is 1.79. The zero-order chi connectivity index (χ0) is 10.7. The Morgan fingerprint density at radius 1 is 1.14 bits per heavy atom. The molecule has 0 bridgehead atoms. The van der Waals surface area contributed by atoms with Gasteiger partial charge in [-0.15, -0.1) is 0 Å². The molecule has 0 aliphatic carbocycles. The Morgan fingerprint density at radius 3 is 2.29 bits per heavy atom. The molecule has 0 fully saturated rings. The minimum atomic E-state index is -0.504. The fraction of sp³-hybridized carbons (Fsp3) is 0.300. The molecule has 0 aliphatic rings. The molecular formula is C10H12F2N2. The average molecular weight is 198 g/mol. The first kappa shape index (κ1) is 10.6. The van der Waals surface area contributed by atoms with Gasteiger partial charge in [0.1, 0.15) is 11.3 Å². The van der Waals surface area contributed by atoms with E-state index in [2.05, 4.69) is 10.2 Å². The molecule has 0 saturated heterocycles. The molecule has 14 heavy (non-hydrogen) atoms. The van der Waals surface area contributed by atoms with Crippen molar-refractivity contribution in [3.05, 3.63) is 29.5 Å². The zero-order valence-corrected chi connectivity index (χ0v) is 8.36. The fourth-order valence-corrected chi connectivity index (χ4v) is 1.20. The number of nitrogens with zero attached hydrogens (tertiary/aromatic N) is 1. The topological polar surface area (TPSA) is 28.7 Å². The number of benzene rings is 1. The predicted molar refractivity (Wildman–Crippen MR) is 52.1 cm³/mol. The van der Waals surface area contributed by atoms with Gasteiger partial charge in [-0.2, -0.15) is 5.10 Å². The van der Waals surface area contributed by atoms with Gasteiger partial charge in [-0.25, -0.2) is 8.78 Å². The Bertz CT molecular complexity index is 435. The summed E-state index contributed by atoms with van der Waals surface area (Å²) >= 11 is 0. The van der Waals surface area contributed by atoms with Crippen molar-refractivity contribution in [3.63, 3.8) is 0 Å². The summed E-state index contributed by atoms with van der Waals surface area (Å²) in [6.07, 6.45) is 0. The van der Waals surface area contributed by atoms with E-state index in [4.69, 9.17) is 0 Å². The number of aryl methyl sites for hydroxylation is 1. The molecule has 1 aromatic heterocycles. The normalized spacial score (nSPS) is 9.79. The zero-order valence-electron chi connectivity index (χ0n) is 8.36. The average Bonchev–Trinajstić information content (AvgIpc) is 2.59. The Morgan fingerprint density at radius 2 is 1.71 bits per heavy atom. The number of fused-ring (bicyclic) bond motifs is 1. The van der Waals surface area contributed by atoms with Gasteiger partial charge in [0.25, 0.3) is 0 Å². The molecular weight excluding hydrogens is 186 g/mol. The van der Waals surface area contributed by atoms with Crippen LogP contribution < -0.4 is 0 Å². The third kappa shape index (κ3) is 1.60. The highest BCUT2D eigenvalue weighted by molar-refractivity contribution is 5.82. The van der Waals surface area contributed by atoms with Crippen LogP contribution in [0, 0.1) is 18.6 Å². The van der Waals surface area contributed by atoms with Crippen molar-refractivity contribution in [2.75, 3.05) is 0 Å². The van der Waals surface area contributed by atoms with Crippen LogP contribution in [0.5, 0.6) is 0 Å². The molecule has 0 aliphatic heterocycles. The lowest BCUT2D eigenvalue weighted by Gasteiger charge is -1.92. The number of nitrogens with one attached hydrogen (secondary N) is 1. The van der Waals surface area contributed by atoms with Crippen LogP contribution in [0.4, 0.5) is 8.78 Å². The number of aromatic nitrogens is 2. The van der Waals surface area contributed by atoms with E-state index < -0.39 is 11.6 Å². The Labute approximate surface area is 80.9 Å². The number of rotatable bonds is 0. The summed E-state index contributed by atoms with van der Waals surface area (Å²) in [5, 5.41) is 6.40. The second-order valence-electron chi connectivity index (χ2n) is 2.60. The molecule has 4 heteroatoms. The van der Waals surface area contributed by atoms with Crippen molar-refractivity contribution < 1.29 is 8.78 Å². The second-order valence-corrected chi connectivity index (χ2v) is 2.60. The Hall–Kier alpha value is -1.45. The maximum absolute atomic E-state index is 13.0. The maximum atomic E-state index is 13.0. The number of halogens is 2. The van der Waals surface area contributed by atoms with E-state index in [9.17, 15) is 8.78 Å². The Kier molecular flexibility index (Phi) is 3.17. The second kappa shape index (κ2) is 4.17. The lowest BCUT2D eigenvalue weighted by atomic mass is 10.2. The summed E-state index contributed by atoms with van der Waals surface area (Å²) in [6.45, 7) is 5.65. The molecule has 1 heterocycles. The molecule has 0 saturated carbocycles. The summed E-state index contributed by atoms with van der Waals surface area (Å²) in [7, 11) is 0. The van der Waals surface area contributed by atoms with E-state index in [0.29, 0.717) is 5.69 Å². The summed E-state index contributed by atoms with van der Waals surface area (Å²) in [6, 6.07) is 2.16. The summed E-state index contributed by atoms with van der Waals surface area (Å²) in [4.78, 5) is 0. The molecule has 0 atom stereocenters. The van der Waals surface area contributed by atoms with Crippen molar-refractivity contribution in [2.45, 2.75) is 20.8 Å². The van der Waals surface area contributed by atoms with Gasteiger partial charge in [0, 0.05) is 5.69 Å². The quantitative estimate of drug-likeness (QED) is 0.692. The van der Waals surface area contributed by atoms with Gasteiger partial charge in [-0.05, 0) is 19.1 Å². The van der Waals surface area contributed by atoms with Gasteiger partial charge in [0.05, 0.1) is 5.39 Å². The van der Waals surface area contributed by atoms with Crippen LogP contribution in [-0.2, 0) is 0 Å². The number of hydrogen-bond donors (Lipinski definition) is 1. The summed E-state index contributed by atoms with van der Waals surface area (Å²) < 4.78 is 26.0. The first-order chi connectivity index (χ1) is 6.70. The van der Waals surface area contributed by atoms with Gasteiger partial charge in [0.2, 0.25) is 0 Å². The van der Waals surface area contributed by atoms with Crippen LogP contribution >= 0.6 is 0 Å². The minimum absolute atomic E-state index is 0.0625. The third-order valence-corrected chi connectivity index (χ3v) is 1.79. The van der Waals surface area contributed by atoms with Gasteiger partial charge >= 0.3 is 0 Å². The number of H-pyrrole nitrogens is 1. The van der Waals surface area contributed by atoms with Gasteiger partial charge in [-0.3, -0.25) is 5.10 Å². The van der Waals surface area contributed by atoms with Gasteiger partial charge < -0.3 is 0 Å². The lowest BCUT2D eigenvalue weighted by Crippen LogP contribution is -1.82. The van der Waals surface area contributed by atoms with Crippen LogP contribution in [-0.4, -0.2) is 10.2 Å². The van der Waals surface area contributed by atoms with Crippen molar-refractivity contribution in [1.82, 2.24) is 10.2 Å². The molecule has 1 N–H and O–H groups in total. The smallest absolute Gasteiger partial charge is 0.151 e. The van der Waals surface area contributed by atoms with Gasteiger partial charge in [-0.1, -0.05) is 13.8 Å². The van der Waals surface area contributed by atoms with Crippen molar-refractivity contribution in [2.24, 2.45) is 0 Å². The predicted octanol–water partition coefficient (Wildman–Crippen LogP) is 3.18. The molecule has 0 spiro atoms. The Balaban J connectivity index is 0.000000461. The van der Waals surface area contributed by atoms with Crippen LogP contribution in [0.3, 0.4) is 0 Å². The minimum Gasteiger partial charge on any atom is -0.281 e. The molecule has 0 unspecified atom stereocenters. The van der Waals surface area contributed by atoms with Gasteiger partial charge in [0.15, 0.2) is 5.82 Å². The highest BCUT2D eigenvalue weighted by Crippen LogP contribution is 2.21. The van der Waals surface area contributed by atoms with E-state index in [0.717, 1.165) is 12.1 Å². The van der Waals surface area contributed by atoms with Crippen LogP contribution in [0.2, 0.25) is 0 Å². The van der Waals surface area contributed by atoms with E-state index in [1.54, 1.807) is 6.92 Å². The highest BCUT2D eigenvalue weighted by Gasteiger charge is 2.10. The van der Waals surface area contributed by atoms with E-state index in [1.807, 2.05) is 13.8 Å². The van der Waals surface area contributed by atoms with E-state index in [1.165, 1.54) is 0 Å². The molecule has 1 aromatic carbocycles. The first-order valence-corrected chi connectivity index (χ1v) is 4.49. The summed E-state index contributed by atoms with van der Waals surface area (Å²) in [5.74, 6) is -0.951. The van der Waals surface area contributed by atoms with Crippen LogP contribution in [0.25, 0.3) is 10.9 Å². The molecule has 0 radical (unpaired) electrons. The number of aromatic amines is 1. The SMILES string of the molecule is CC.Cc1[nH]nc2c(F)ccc(F)c12. The van der Waals surface area contributed by atoms with Crippen molar-refractivity contribution in [3.8, 4) is 0 Å². The largest absolute Gasteiger partial charge is 0.281 e. The molecule has 2 nitrogen and oxygen atoms in total. The van der Waals surface area contributed by atoms with Crippen molar-refractivity contribution >= 4 is 10.9 Å². The monoisotopic (exact) mass is 198 g/mol.